The predicted octanol–water partition coefficient (Wildman–Crippen LogP) is 2.66. The van der Waals surface area contributed by atoms with Crippen molar-refractivity contribution in [3.63, 3.8) is 0 Å². The number of para-hydroxylation sites is 1. The fourth-order valence-electron chi connectivity index (χ4n) is 2.39. The zero-order valence-electron chi connectivity index (χ0n) is 11.7. The molecule has 1 aliphatic rings. The molecule has 3 rings (SSSR count). The number of rotatable bonds is 4. The Kier molecular flexibility index (Phi) is 4.28. The molecule has 0 unspecified atom stereocenters. The van der Waals surface area contributed by atoms with E-state index >= 15 is 0 Å². The Hall–Kier alpha value is -1.70. The molecule has 8 heteroatoms. The molecule has 116 valence electrons. The number of nitrogens with zero attached hydrogens (tertiary/aromatic N) is 3. The van der Waals surface area contributed by atoms with E-state index < -0.39 is 10.0 Å². The smallest absolute Gasteiger partial charge is 0.245 e. The lowest BCUT2D eigenvalue weighted by Crippen LogP contribution is -2.28. The lowest BCUT2D eigenvalue weighted by atomic mass is 10.3. The molecule has 1 aromatic carbocycles. The minimum absolute atomic E-state index is 0.228. The van der Waals surface area contributed by atoms with E-state index in [1.165, 1.54) is 16.8 Å². The van der Waals surface area contributed by atoms with Gasteiger partial charge in [0, 0.05) is 13.1 Å². The molecule has 1 aliphatic heterocycles. The van der Waals surface area contributed by atoms with Gasteiger partial charge in [-0.1, -0.05) is 23.7 Å². The van der Waals surface area contributed by atoms with Crippen LogP contribution >= 0.6 is 11.6 Å². The zero-order chi connectivity index (χ0) is 15.6. The van der Waals surface area contributed by atoms with Crippen LogP contribution in [0.25, 0.3) is 0 Å². The van der Waals surface area contributed by atoms with E-state index in [4.69, 9.17) is 11.6 Å². The summed E-state index contributed by atoms with van der Waals surface area (Å²) in [4.78, 5) is 8.07. The molecule has 0 saturated carbocycles. The molecule has 2 aromatic rings. The van der Waals surface area contributed by atoms with Crippen LogP contribution in [-0.2, 0) is 10.0 Å². The average molecular weight is 339 g/mol. The Morgan fingerprint density at radius 3 is 2.64 bits per heavy atom. The highest BCUT2D eigenvalue weighted by Crippen LogP contribution is 2.30. The van der Waals surface area contributed by atoms with Crippen LogP contribution in [-0.4, -0.2) is 35.8 Å². The van der Waals surface area contributed by atoms with Gasteiger partial charge in [0.25, 0.3) is 0 Å². The second kappa shape index (κ2) is 6.20. The summed E-state index contributed by atoms with van der Waals surface area (Å²) >= 11 is 6.02. The van der Waals surface area contributed by atoms with Crippen LogP contribution in [0.5, 0.6) is 0 Å². The molecule has 1 aromatic heterocycles. The van der Waals surface area contributed by atoms with Crippen LogP contribution in [0.1, 0.15) is 12.8 Å². The molecule has 1 N–H and O–H groups in total. The number of hydrogen-bond donors (Lipinski definition) is 1. The Bertz CT molecular complexity index is 776. The molecule has 1 saturated heterocycles. The molecule has 0 amide bonds. The normalized spacial score (nSPS) is 15.9. The summed E-state index contributed by atoms with van der Waals surface area (Å²) in [7, 11) is -3.52. The van der Waals surface area contributed by atoms with Gasteiger partial charge in [-0.2, -0.15) is 4.31 Å². The molecule has 0 atom stereocenters. The van der Waals surface area contributed by atoms with Gasteiger partial charge in [-0.15, -0.1) is 0 Å². The minimum Gasteiger partial charge on any atom is -0.338 e. The Labute approximate surface area is 134 Å². The SMILES string of the molecule is O=S(=O)(c1ccccc1Nc1ncncc1Cl)N1CCCC1. The standard InChI is InChI=1S/C14H15ClN4O2S/c15-11-9-16-10-17-14(11)18-12-5-1-2-6-13(12)22(20,21)19-7-3-4-8-19/h1-2,5-6,9-10H,3-4,7-8H2,(H,16,17,18). The number of hydrogen-bond acceptors (Lipinski definition) is 5. The first-order valence-electron chi connectivity index (χ1n) is 6.91. The summed E-state index contributed by atoms with van der Waals surface area (Å²) in [6, 6.07) is 6.75. The summed E-state index contributed by atoms with van der Waals surface area (Å²) in [5, 5.41) is 3.31. The molecule has 0 spiro atoms. The van der Waals surface area contributed by atoms with Crippen molar-refractivity contribution in [3.05, 3.63) is 41.8 Å². The van der Waals surface area contributed by atoms with Crippen molar-refractivity contribution in [1.29, 1.82) is 0 Å². The molecule has 1 fully saturated rings. The summed E-state index contributed by atoms with van der Waals surface area (Å²) in [6.07, 6.45) is 4.60. The van der Waals surface area contributed by atoms with Gasteiger partial charge in [-0.25, -0.2) is 18.4 Å². The Balaban J connectivity index is 1.98. The maximum Gasteiger partial charge on any atom is 0.245 e. The van der Waals surface area contributed by atoms with Crippen molar-refractivity contribution in [2.75, 3.05) is 18.4 Å². The van der Waals surface area contributed by atoms with Crippen LogP contribution in [0, 0.1) is 0 Å². The minimum atomic E-state index is -3.52. The average Bonchev–Trinajstić information content (AvgIpc) is 3.05. The number of halogens is 1. The first-order chi connectivity index (χ1) is 10.6. The van der Waals surface area contributed by atoms with Crippen LogP contribution in [0.2, 0.25) is 5.02 Å². The highest BCUT2D eigenvalue weighted by atomic mass is 35.5. The number of anilines is 2. The number of nitrogens with one attached hydrogen (secondary N) is 1. The van der Waals surface area contributed by atoms with Crippen LogP contribution in [0.15, 0.2) is 41.7 Å². The maximum atomic E-state index is 12.8. The molecular formula is C14H15ClN4O2S. The highest BCUT2D eigenvalue weighted by Gasteiger charge is 2.29. The third-order valence-corrected chi connectivity index (χ3v) is 5.72. The summed E-state index contributed by atoms with van der Waals surface area (Å²) in [5.41, 5.74) is 0.454. The van der Waals surface area contributed by atoms with E-state index in [0.717, 1.165) is 12.8 Å². The maximum absolute atomic E-state index is 12.8. The quantitative estimate of drug-likeness (QED) is 0.927. The van der Waals surface area contributed by atoms with E-state index in [1.54, 1.807) is 24.3 Å². The van der Waals surface area contributed by atoms with Crippen LogP contribution in [0.4, 0.5) is 11.5 Å². The second-order valence-electron chi connectivity index (χ2n) is 4.95. The number of aromatic nitrogens is 2. The molecule has 6 nitrogen and oxygen atoms in total. The van der Waals surface area contributed by atoms with Crippen molar-refractivity contribution in [2.45, 2.75) is 17.7 Å². The van der Waals surface area contributed by atoms with Gasteiger partial charge in [0.2, 0.25) is 10.0 Å². The monoisotopic (exact) mass is 338 g/mol. The topological polar surface area (TPSA) is 75.2 Å². The number of sulfonamides is 1. The third kappa shape index (κ3) is 2.92. The van der Waals surface area contributed by atoms with Crippen LogP contribution < -0.4 is 5.32 Å². The lowest BCUT2D eigenvalue weighted by molar-refractivity contribution is 0.478. The second-order valence-corrected chi connectivity index (χ2v) is 7.27. The predicted molar refractivity (Wildman–Crippen MR) is 84.8 cm³/mol. The molecular weight excluding hydrogens is 324 g/mol. The van der Waals surface area contributed by atoms with Gasteiger partial charge >= 0.3 is 0 Å². The van der Waals surface area contributed by atoms with Crippen molar-refractivity contribution in [2.24, 2.45) is 0 Å². The first-order valence-corrected chi connectivity index (χ1v) is 8.72. The molecule has 0 bridgehead atoms. The van der Waals surface area contributed by atoms with Crippen LogP contribution in [0.3, 0.4) is 0 Å². The Morgan fingerprint density at radius 2 is 1.91 bits per heavy atom. The molecule has 0 aliphatic carbocycles. The van der Waals surface area contributed by atoms with Crippen molar-refractivity contribution in [1.82, 2.24) is 14.3 Å². The van der Waals surface area contributed by atoms with E-state index in [1.807, 2.05) is 0 Å². The lowest BCUT2D eigenvalue weighted by Gasteiger charge is -2.18. The van der Waals surface area contributed by atoms with Gasteiger partial charge in [-0.3, -0.25) is 0 Å². The molecule has 0 radical (unpaired) electrons. The van der Waals surface area contributed by atoms with E-state index in [0.29, 0.717) is 29.6 Å². The molecule has 22 heavy (non-hydrogen) atoms. The first kappa shape index (κ1) is 15.2. The highest BCUT2D eigenvalue weighted by molar-refractivity contribution is 7.89. The van der Waals surface area contributed by atoms with Crippen molar-refractivity contribution < 1.29 is 8.42 Å². The number of benzene rings is 1. The van der Waals surface area contributed by atoms with E-state index in [9.17, 15) is 8.42 Å². The van der Waals surface area contributed by atoms with Gasteiger partial charge in [0.15, 0.2) is 5.82 Å². The zero-order valence-corrected chi connectivity index (χ0v) is 13.3. The van der Waals surface area contributed by atoms with E-state index in [2.05, 4.69) is 15.3 Å². The fourth-order valence-corrected chi connectivity index (χ4v) is 4.21. The van der Waals surface area contributed by atoms with Crippen molar-refractivity contribution >= 4 is 33.1 Å². The van der Waals surface area contributed by atoms with Gasteiger partial charge in [0.1, 0.15) is 16.2 Å². The summed E-state index contributed by atoms with van der Waals surface area (Å²) < 4.78 is 27.0. The fraction of sp³-hybridized carbons (Fsp3) is 0.286. The summed E-state index contributed by atoms with van der Waals surface area (Å²) in [5.74, 6) is 0.376. The van der Waals surface area contributed by atoms with E-state index in [-0.39, 0.29) is 4.90 Å². The third-order valence-electron chi connectivity index (χ3n) is 3.49. The molecule has 2 heterocycles. The summed E-state index contributed by atoms with van der Waals surface area (Å²) in [6.45, 7) is 1.12. The van der Waals surface area contributed by atoms with Gasteiger partial charge in [0.05, 0.1) is 11.9 Å². The largest absolute Gasteiger partial charge is 0.338 e. The van der Waals surface area contributed by atoms with Gasteiger partial charge < -0.3 is 5.32 Å². The Morgan fingerprint density at radius 1 is 1.18 bits per heavy atom. The van der Waals surface area contributed by atoms with Gasteiger partial charge in [-0.05, 0) is 25.0 Å². The van der Waals surface area contributed by atoms with Crippen molar-refractivity contribution in [3.8, 4) is 0 Å².